The number of carbonyl (C=O) groups excluding carboxylic acids is 1. The van der Waals surface area contributed by atoms with Crippen LogP contribution in [0.3, 0.4) is 0 Å². The molecule has 4 aromatic rings. The molecule has 12 heteroatoms. The molecule has 0 aliphatic heterocycles. The number of nitrogens with one attached hydrogen (secondary N) is 2. The van der Waals surface area contributed by atoms with Gasteiger partial charge in [0, 0.05) is 17.3 Å². The number of para-hydroxylation sites is 2. The van der Waals surface area contributed by atoms with E-state index in [1.54, 1.807) is 24.3 Å². The predicted molar refractivity (Wildman–Crippen MR) is 123 cm³/mol. The molecule has 166 valence electrons. The maximum atomic E-state index is 12.7. The van der Waals surface area contributed by atoms with E-state index in [1.165, 1.54) is 42.6 Å². The molecule has 0 fully saturated rings. The van der Waals surface area contributed by atoms with Crippen LogP contribution in [0.5, 0.6) is 0 Å². The van der Waals surface area contributed by atoms with Crippen molar-refractivity contribution in [3.63, 3.8) is 0 Å². The normalized spacial score (nSPS) is 11.2. The van der Waals surface area contributed by atoms with Crippen molar-refractivity contribution >= 4 is 55.8 Å². The van der Waals surface area contributed by atoms with Gasteiger partial charge in [-0.15, -0.1) is 0 Å². The van der Waals surface area contributed by atoms with Gasteiger partial charge in [-0.25, -0.2) is 13.4 Å². The third kappa shape index (κ3) is 4.89. The van der Waals surface area contributed by atoms with Gasteiger partial charge in [-0.3, -0.25) is 24.6 Å². The number of hydrogen-bond acceptors (Lipinski definition) is 7. The second kappa shape index (κ2) is 8.81. The fraction of sp³-hybridized carbons (Fsp3) is 0. The van der Waals surface area contributed by atoms with E-state index in [9.17, 15) is 23.3 Å². The second-order valence-corrected chi connectivity index (χ2v) is 8.84. The lowest BCUT2D eigenvalue weighted by Crippen LogP contribution is -2.15. The molecular formula is C21H14ClN5O5S. The predicted octanol–water partition coefficient (Wildman–Crippen LogP) is 4.24. The molecule has 0 saturated carbocycles. The minimum absolute atomic E-state index is 0.0272. The topological polar surface area (TPSA) is 144 Å². The van der Waals surface area contributed by atoms with E-state index >= 15 is 0 Å². The molecule has 0 aliphatic carbocycles. The molecule has 10 nitrogen and oxygen atoms in total. The van der Waals surface area contributed by atoms with E-state index in [0.29, 0.717) is 16.7 Å². The Morgan fingerprint density at radius 2 is 1.70 bits per heavy atom. The molecular weight excluding hydrogens is 470 g/mol. The number of anilines is 2. The van der Waals surface area contributed by atoms with Crippen molar-refractivity contribution in [2.75, 3.05) is 10.0 Å². The summed E-state index contributed by atoms with van der Waals surface area (Å²) in [5, 5.41) is 13.5. The highest BCUT2D eigenvalue weighted by molar-refractivity contribution is 7.92. The van der Waals surface area contributed by atoms with Crippen molar-refractivity contribution in [1.82, 2.24) is 9.97 Å². The number of carbonyl (C=O) groups is 1. The standard InChI is InChI=1S/C21H14ClN5O5S/c22-16-10-5-13(11-19(16)27(29)30)21(28)24-14-6-8-15(9-7-14)33(31,32)26-20-12-23-17-3-1-2-4-18(17)25-20/h1-12H,(H,24,28)(H,25,26). The Bertz CT molecular complexity index is 1490. The largest absolute Gasteiger partial charge is 0.322 e. The lowest BCUT2D eigenvalue weighted by atomic mass is 10.2. The number of aromatic nitrogens is 2. The maximum Gasteiger partial charge on any atom is 0.288 e. The third-order valence-electron chi connectivity index (χ3n) is 4.51. The number of rotatable bonds is 6. The minimum Gasteiger partial charge on any atom is -0.322 e. The molecule has 0 saturated heterocycles. The SMILES string of the molecule is O=C(Nc1ccc(S(=O)(=O)Nc2cnc3ccccc3n2)cc1)c1ccc(Cl)c([N+](=O)[O-])c1. The first kappa shape index (κ1) is 22.1. The van der Waals surface area contributed by atoms with E-state index in [2.05, 4.69) is 20.0 Å². The summed E-state index contributed by atoms with van der Waals surface area (Å²) in [4.78, 5) is 31.1. The number of fused-ring (bicyclic) bond motifs is 1. The van der Waals surface area contributed by atoms with Crippen molar-refractivity contribution in [3.05, 3.63) is 93.6 Å². The maximum absolute atomic E-state index is 12.7. The fourth-order valence-electron chi connectivity index (χ4n) is 2.92. The van der Waals surface area contributed by atoms with Gasteiger partial charge in [0.1, 0.15) is 5.02 Å². The van der Waals surface area contributed by atoms with E-state index in [1.807, 2.05) is 0 Å². The molecule has 1 aromatic heterocycles. The number of sulfonamides is 1. The van der Waals surface area contributed by atoms with Crippen LogP contribution in [0.25, 0.3) is 11.0 Å². The van der Waals surface area contributed by atoms with Gasteiger partial charge in [-0.2, -0.15) is 0 Å². The summed E-state index contributed by atoms with van der Waals surface area (Å²) in [6.45, 7) is 0. The zero-order chi connectivity index (χ0) is 23.6. The number of hydrogen-bond donors (Lipinski definition) is 2. The molecule has 1 amide bonds. The van der Waals surface area contributed by atoms with Crippen LogP contribution in [0, 0.1) is 10.1 Å². The zero-order valence-corrected chi connectivity index (χ0v) is 18.2. The summed E-state index contributed by atoms with van der Waals surface area (Å²) >= 11 is 5.76. The molecule has 0 spiro atoms. The molecule has 0 atom stereocenters. The summed E-state index contributed by atoms with van der Waals surface area (Å²) in [7, 11) is -3.95. The summed E-state index contributed by atoms with van der Waals surface area (Å²) in [6, 6.07) is 16.1. The van der Waals surface area contributed by atoms with E-state index < -0.39 is 26.5 Å². The average Bonchev–Trinajstić information content (AvgIpc) is 2.79. The molecule has 0 bridgehead atoms. The highest BCUT2D eigenvalue weighted by Crippen LogP contribution is 2.26. The first-order valence-electron chi connectivity index (χ1n) is 9.33. The first-order chi connectivity index (χ1) is 15.7. The fourth-order valence-corrected chi connectivity index (χ4v) is 4.09. The molecule has 0 aliphatic rings. The van der Waals surface area contributed by atoms with Crippen LogP contribution < -0.4 is 10.0 Å². The van der Waals surface area contributed by atoms with Crippen molar-refractivity contribution < 1.29 is 18.1 Å². The van der Waals surface area contributed by atoms with Crippen LogP contribution in [-0.2, 0) is 10.0 Å². The number of halogens is 1. The molecule has 0 unspecified atom stereocenters. The number of nitro benzene ring substituents is 1. The lowest BCUT2D eigenvalue weighted by Gasteiger charge is -2.09. The lowest BCUT2D eigenvalue weighted by molar-refractivity contribution is -0.384. The van der Waals surface area contributed by atoms with Crippen LogP contribution in [-0.4, -0.2) is 29.2 Å². The van der Waals surface area contributed by atoms with Gasteiger partial charge in [-0.1, -0.05) is 23.7 Å². The van der Waals surface area contributed by atoms with E-state index in [4.69, 9.17) is 11.6 Å². The van der Waals surface area contributed by atoms with Crippen LogP contribution in [0.1, 0.15) is 10.4 Å². The number of amides is 1. The Hall–Kier alpha value is -4.09. The van der Waals surface area contributed by atoms with E-state index in [-0.39, 0.29) is 21.3 Å². The minimum atomic E-state index is -3.95. The van der Waals surface area contributed by atoms with Crippen molar-refractivity contribution in [1.29, 1.82) is 0 Å². The van der Waals surface area contributed by atoms with Gasteiger partial charge in [0.25, 0.3) is 21.6 Å². The zero-order valence-electron chi connectivity index (χ0n) is 16.6. The summed E-state index contributed by atoms with van der Waals surface area (Å²) in [5.74, 6) is -0.551. The average molecular weight is 484 g/mol. The number of benzene rings is 3. The molecule has 4 rings (SSSR count). The second-order valence-electron chi connectivity index (χ2n) is 6.75. The van der Waals surface area contributed by atoms with Gasteiger partial charge < -0.3 is 5.32 Å². The van der Waals surface area contributed by atoms with Gasteiger partial charge in [0.15, 0.2) is 5.82 Å². The Morgan fingerprint density at radius 3 is 2.39 bits per heavy atom. The molecule has 2 N–H and O–H groups in total. The van der Waals surface area contributed by atoms with Crippen LogP contribution in [0.4, 0.5) is 17.2 Å². The quantitative estimate of drug-likeness (QED) is 0.308. The Balaban J connectivity index is 1.49. The smallest absolute Gasteiger partial charge is 0.288 e. The highest BCUT2D eigenvalue weighted by atomic mass is 35.5. The monoisotopic (exact) mass is 483 g/mol. The van der Waals surface area contributed by atoms with Crippen LogP contribution in [0.2, 0.25) is 5.02 Å². The van der Waals surface area contributed by atoms with Gasteiger partial charge in [0.05, 0.1) is 27.0 Å². The van der Waals surface area contributed by atoms with Gasteiger partial charge in [-0.05, 0) is 48.5 Å². The van der Waals surface area contributed by atoms with Gasteiger partial charge >= 0.3 is 0 Å². The number of nitrogens with zero attached hydrogens (tertiary/aromatic N) is 3. The van der Waals surface area contributed by atoms with Gasteiger partial charge in [0.2, 0.25) is 0 Å². The first-order valence-corrected chi connectivity index (χ1v) is 11.2. The summed E-state index contributed by atoms with van der Waals surface area (Å²) < 4.78 is 27.7. The van der Waals surface area contributed by atoms with Crippen LogP contribution >= 0.6 is 11.6 Å². The molecule has 3 aromatic carbocycles. The van der Waals surface area contributed by atoms with Crippen LogP contribution in [0.15, 0.2) is 77.8 Å². The summed E-state index contributed by atoms with van der Waals surface area (Å²) in [5.41, 5.74) is 1.10. The molecule has 33 heavy (non-hydrogen) atoms. The van der Waals surface area contributed by atoms with Crippen molar-refractivity contribution in [3.8, 4) is 0 Å². The van der Waals surface area contributed by atoms with Crippen molar-refractivity contribution in [2.24, 2.45) is 0 Å². The van der Waals surface area contributed by atoms with Crippen molar-refractivity contribution in [2.45, 2.75) is 4.90 Å². The Labute approximate surface area is 192 Å². The third-order valence-corrected chi connectivity index (χ3v) is 6.21. The Morgan fingerprint density at radius 1 is 1.00 bits per heavy atom. The highest BCUT2D eigenvalue weighted by Gasteiger charge is 2.18. The Kier molecular flexibility index (Phi) is 5.90. The summed E-state index contributed by atoms with van der Waals surface area (Å²) in [6.07, 6.45) is 1.32. The number of nitro groups is 1. The van der Waals surface area contributed by atoms with E-state index in [0.717, 1.165) is 6.07 Å². The molecule has 0 radical (unpaired) electrons. The molecule has 1 heterocycles.